The number of aromatic nitrogens is 4. The zero-order valence-electron chi connectivity index (χ0n) is 9.31. The molecule has 6 heteroatoms. The van der Waals surface area contributed by atoms with Gasteiger partial charge in [0, 0.05) is 0 Å². The van der Waals surface area contributed by atoms with Gasteiger partial charge in [0.1, 0.15) is 16.2 Å². The highest BCUT2D eigenvalue weighted by molar-refractivity contribution is 9.10. The van der Waals surface area contributed by atoms with Crippen LogP contribution in [0.25, 0.3) is 17.1 Å². The molecule has 0 radical (unpaired) electrons. The van der Waals surface area contributed by atoms with Gasteiger partial charge in [0.2, 0.25) is 0 Å². The summed E-state index contributed by atoms with van der Waals surface area (Å²) in [5.74, 6) is 2.24. The molecular formula is C11H9BrN4O. The second-order valence-electron chi connectivity index (χ2n) is 3.75. The Bertz CT molecular complexity index is 701. The number of rotatable bonds is 1. The minimum atomic E-state index is 0.688. The van der Waals surface area contributed by atoms with Crippen molar-refractivity contribution in [3.8, 4) is 11.5 Å². The van der Waals surface area contributed by atoms with Crippen LogP contribution in [0, 0.1) is 13.8 Å². The quantitative estimate of drug-likeness (QED) is 0.692. The van der Waals surface area contributed by atoms with E-state index in [0.29, 0.717) is 27.5 Å². The van der Waals surface area contributed by atoms with Gasteiger partial charge in [-0.05, 0) is 41.9 Å². The van der Waals surface area contributed by atoms with Crippen LogP contribution in [0.5, 0.6) is 0 Å². The molecule has 0 amide bonds. The average Bonchev–Trinajstić information content (AvgIpc) is 2.82. The van der Waals surface area contributed by atoms with Gasteiger partial charge in [-0.2, -0.15) is 5.10 Å². The molecule has 3 aromatic heterocycles. The number of aryl methyl sites for hydroxylation is 2. The van der Waals surface area contributed by atoms with Crippen molar-refractivity contribution in [2.45, 2.75) is 13.8 Å². The largest absolute Gasteiger partial charge is 0.460 e. The van der Waals surface area contributed by atoms with Crippen LogP contribution in [0.4, 0.5) is 0 Å². The molecule has 0 saturated heterocycles. The molecule has 0 fully saturated rings. The van der Waals surface area contributed by atoms with E-state index < -0.39 is 0 Å². The summed E-state index contributed by atoms with van der Waals surface area (Å²) in [4.78, 5) is 8.75. The Morgan fingerprint density at radius 1 is 1.24 bits per heavy atom. The number of halogens is 1. The van der Waals surface area contributed by atoms with Gasteiger partial charge in [-0.15, -0.1) is 0 Å². The maximum atomic E-state index is 5.58. The molecule has 17 heavy (non-hydrogen) atoms. The highest BCUT2D eigenvalue weighted by Crippen LogP contribution is 2.25. The van der Waals surface area contributed by atoms with Crippen molar-refractivity contribution in [1.29, 1.82) is 0 Å². The third kappa shape index (κ3) is 1.74. The molecule has 0 spiro atoms. The normalized spacial score (nSPS) is 11.2. The molecule has 86 valence electrons. The Balaban J connectivity index is 2.34. The summed E-state index contributed by atoms with van der Waals surface area (Å²) in [6.07, 6.45) is 1.77. The van der Waals surface area contributed by atoms with E-state index in [1.807, 2.05) is 26.0 Å². The van der Waals surface area contributed by atoms with Crippen molar-refractivity contribution in [3.63, 3.8) is 0 Å². The van der Waals surface area contributed by atoms with Gasteiger partial charge >= 0.3 is 0 Å². The predicted molar refractivity (Wildman–Crippen MR) is 65.7 cm³/mol. The number of furan rings is 1. The lowest BCUT2D eigenvalue weighted by Gasteiger charge is -1.99. The number of nitrogens with zero attached hydrogens (tertiary/aromatic N) is 4. The van der Waals surface area contributed by atoms with E-state index in [4.69, 9.17) is 4.42 Å². The molecule has 0 aliphatic carbocycles. The summed E-state index contributed by atoms with van der Waals surface area (Å²) in [6.45, 7) is 3.74. The number of fused-ring (bicyclic) bond motifs is 1. The Morgan fingerprint density at radius 3 is 2.76 bits per heavy atom. The standard InChI is InChI=1S/C11H9BrN4O/c1-6-3-4-8(17-6)10-11-13-7(2)15-16(11)5-9(12)14-10/h3-5H,1-2H3. The predicted octanol–water partition coefficient (Wildman–Crippen LogP) is 2.76. The number of hydrogen-bond acceptors (Lipinski definition) is 4. The van der Waals surface area contributed by atoms with E-state index in [9.17, 15) is 0 Å². The molecule has 0 bridgehead atoms. The summed E-state index contributed by atoms with van der Waals surface area (Å²) in [5, 5.41) is 4.26. The third-order valence-corrected chi connectivity index (χ3v) is 2.75. The van der Waals surface area contributed by atoms with Crippen molar-refractivity contribution < 1.29 is 4.42 Å². The van der Waals surface area contributed by atoms with E-state index in [1.165, 1.54) is 0 Å². The van der Waals surface area contributed by atoms with Crippen LogP contribution in [-0.2, 0) is 0 Å². The first-order chi connectivity index (χ1) is 8.13. The second-order valence-corrected chi connectivity index (χ2v) is 4.56. The van der Waals surface area contributed by atoms with Crippen LogP contribution >= 0.6 is 15.9 Å². The van der Waals surface area contributed by atoms with Gasteiger partial charge in [0.25, 0.3) is 0 Å². The maximum Gasteiger partial charge on any atom is 0.185 e. The summed E-state index contributed by atoms with van der Waals surface area (Å²) in [7, 11) is 0. The summed E-state index contributed by atoms with van der Waals surface area (Å²) in [5.41, 5.74) is 1.38. The van der Waals surface area contributed by atoms with Crippen LogP contribution in [0.3, 0.4) is 0 Å². The van der Waals surface area contributed by atoms with E-state index in [0.717, 1.165) is 5.76 Å². The van der Waals surface area contributed by atoms with Gasteiger partial charge in [-0.3, -0.25) is 0 Å². The number of hydrogen-bond donors (Lipinski definition) is 0. The molecule has 0 aromatic carbocycles. The first kappa shape index (κ1) is 10.5. The summed E-state index contributed by atoms with van der Waals surface area (Å²) < 4.78 is 7.96. The monoisotopic (exact) mass is 292 g/mol. The Kier molecular flexibility index (Phi) is 2.25. The van der Waals surface area contributed by atoms with Gasteiger partial charge in [-0.25, -0.2) is 14.5 Å². The minimum absolute atomic E-state index is 0.688. The van der Waals surface area contributed by atoms with E-state index >= 15 is 0 Å². The van der Waals surface area contributed by atoms with Crippen molar-refractivity contribution >= 4 is 21.6 Å². The third-order valence-electron chi connectivity index (χ3n) is 2.37. The van der Waals surface area contributed by atoms with Gasteiger partial charge in [-0.1, -0.05) is 0 Å². The fourth-order valence-corrected chi connectivity index (χ4v) is 2.07. The van der Waals surface area contributed by atoms with Gasteiger partial charge < -0.3 is 4.42 Å². The zero-order chi connectivity index (χ0) is 12.0. The van der Waals surface area contributed by atoms with Crippen LogP contribution < -0.4 is 0 Å². The topological polar surface area (TPSA) is 56.2 Å². The molecule has 3 rings (SSSR count). The molecule has 0 N–H and O–H groups in total. The van der Waals surface area contributed by atoms with Gasteiger partial charge in [0.15, 0.2) is 17.1 Å². The van der Waals surface area contributed by atoms with E-state index in [-0.39, 0.29) is 0 Å². The average molecular weight is 293 g/mol. The van der Waals surface area contributed by atoms with Crippen LogP contribution in [-0.4, -0.2) is 19.6 Å². The Labute approximate surface area is 106 Å². The lowest BCUT2D eigenvalue weighted by Crippen LogP contribution is -1.94. The minimum Gasteiger partial charge on any atom is -0.460 e. The molecule has 0 unspecified atom stereocenters. The molecule has 3 aromatic rings. The first-order valence-electron chi connectivity index (χ1n) is 5.10. The van der Waals surface area contributed by atoms with Crippen molar-refractivity contribution in [1.82, 2.24) is 19.6 Å². The highest BCUT2D eigenvalue weighted by Gasteiger charge is 2.14. The molecule has 5 nitrogen and oxygen atoms in total. The van der Waals surface area contributed by atoms with Crippen molar-refractivity contribution in [3.05, 3.63) is 34.5 Å². The fourth-order valence-electron chi connectivity index (χ4n) is 1.70. The summed E-state index contributed by atoms with van der Waals surface area (Å²) in [6, 6.07) is 3.78. The van der Waals surface area contributed by atoms with Crippen molar-refractivity contribution in [2.24, 2.45) is 0 Å². The Morgan fingerprint density at radius 2 is 2.06 bits per heavy atom. The molecule has 0 aliphatic heterocycles. The molecule has 0 atom stereocenters. The first-order valence-corrected chi connectivity index (χ1v) is 5.89. The molecule has 3 heterocycles. The van der Waals surface area contributed by atoms with Crippen molar-refractivity contribution in [2.75, 3.05) is 0 Å². The zero-order valence-corrected chi connectivity index (χ0v) is 10.9. The van der Waals surface area contributed by atoms with E-state index in [1.54, 1.807) is 10.7 Å². The lowest BCUT2D eigenvalue weighted by atomic mass is 10.3. The second kappa shape index (κ2) is 3.66. The van der Waals surface area contributed by atoms with Gasteiger partial charge in [0.05, 0.1) is 6.20 Å². The van der Waals surface area contributed by atoms with Crippen LogP contribution in [0.15, 0.2) is 27.3 Å². The van der Waals surface area contributed by atoms with E-state index in [2.05, 4.69) is 31.0 Å². The lowest BCUT2D eigenvalue weighted by molar-refractivity contribution is 0.546. The highest BCUT2D eigenvalue weighted by atomic mass is 79.9. The molecular weight excluding hydrogens is 284 g/mol. The van der Waals surface area contributed by atoms with Crippen LogP contribution in [0.2, 0.25) is 0 Å². The molecule has 0 saturated carbocycles. The SMILES string of the molecule is Cc1nc2c(-c3ccc(C)o3)nc(Br)cn2n1. The Hall–Kier alpha value is -1.69. The fraction of sp³-hybridized carbons (Fsp3) is 0.182. The smallest absolute Gasteiger partial charge is 0.185 e. The van der Waals surface area contributed by atoms with Crippen LogP contribution in [0.1, 0.15) is 11.6 Å². The summed E-state index contributed by atoms with van der Waals surface area (Å²) >= 11 is 3.36. The maximum absolute atomic E-state index is 5.58. The molecule has 0 aliphatic rings.